The molecular weight excluding hydrogens is 260 g/mol. The molecule has 1 aliphatic rings. The van der Waals surface area contributed by atoms with Gasteiger partial charge in [-0.15, -0.1) is 0 Å². The Morgan fingerprint density at radius 3 is 2.95 bits per heavy atom. The third-order valence-corrected chi connectivity index (χ3v) is 3.48. The lowest BCUT2D eigenvalue weighted by Gasteiger charge is -2.22. The first kappa shape index (κ1) is 14.5. The number of nitrogens with one attached hydrogen (secondary N) is 2. The zero-order valence-electron chi connectivity index (χ0n) is 11.8. The maximum absolute atomic E-state index is 11.7. The van der Waals surface area contributed by atoms with Crippen LogP contribution in [0.3, 0.4) is 0 Å². The van der Waals surface area contributed by atoms with Gasteiger partial charge in [-0.3, -0.25) is 19.8 Å². The Morgan fingerprint density at radius 1 is 1.50 bits per heavy atom. The van der Waals surface area contributed by atoms with Gasteiger partial charge in [0, 0.05) is 18.7 Å². The Hall–Kier alpha value is -1.89. The molecule has 0 saturated carbocycles. The summed E-state index contributed by atoms with van der Waals surface area (Å²) in [6, 6.07) is 1.88. The average molecular weight is 280 g/mol. The molecular formula is C13H20N4O3. The number of rotatable bonds is 4. The van der Waals surface area contributed by atoms with Gasteiger partial charge in [-0.2, -0.15) is 0 Å². The lowest BCUT2D eigenvalue weighted by Crippen LogP contribution is -2.43. The summed E-state index contributed by atoms with van der Waals surface area (Å²) in [4.78, 5) is 25.7. The predicted molar refractivity (Wildman–Crippen MR) is 73.1 cm³/mol. The van der Waals surface area contributed by atoms with Crippen LogP contribution in [-0.4, -0.2) is 47.5 Å². The van der Waals surface area contributed by atoms with Crippen molar-refractivity contribution >= 4 is 17.6 Å². The van der Waals surface area contributed by atoms with Crippen LogP contribution in [0.15, 0.2) is 10.6 Å². The molecule has 2 amide bonds. The van der Waals surface area contributed by atoms with Gasteiger partial charge in [-0.25, -0.2) is 0 Å². The van der Waals surface area contributed by atoms with Crippen molar-refractivity contribution in [1.29, 1.82) is 0 Å². The number of nitrogens with zero attached hydrogens (tertiary/aromatic N) is 2. The molecule has 1 aromatic heterocycles. The lowest BCUT2D eigenvalue weighted by atomic mass is 10.2. The molecule has 2 heterocycles. The van der Waals surface area contributed by atoms with E-state index in [4.69, 9.17) is 4.52 Å². The van der Waals surface area contributed by atoms with Gasteiger partial charge >= 0.3 is 11.8 Å². The van der Waals surface area contributed by atoms with Gasteiger partial charge in [0.2, 0.25) is 0 Å². The van der Waals surface area contributed by atoms with Gasteiger partial charge in [0.1, 0.15) is 5.76 Å². The zero-order valence-corrected chi connectivity index (χ0v) is 11.8. The molecule has 0 spiro atoms. The third kappa shape index (κ3) is 3.57. The molecule has 1 unspecified atom stereocenters. The number of carbonyl (C=O) groups is 2. The van der Waals surface area contributed by atoms with Crippen molar-refractivity contribution in [3.05, 3.63) is 11.8 Å². The van der Waals surface area contributed by atoms with Crippen LogP contribution < -0.4 is 10.6 Å². The van der Waals surface area contributed by atoms with E-state index in [1.807, 2.05) is 0 Å². The van der Waals surface area contributed by atoms with Gasteiger partial charge in [-0.05, 0) is 32.9 Å². The summed E-state index contributed by atoms with van der Waals surface area (Å²) < 4.78 is 4.81. The van der Waals surface area contributed by atoms with Crippen molar-refractivity contribution in [2.75, 3.05) is 25.0 Å². The number of anilines is 1. The quantitative estimate of drug-likeness (QED) is 0.785. The third-order valence-electron chi connectivity index (χ3n) is 3.48. The molecule has 1 aliphatic heterocycles. The Labute approximate surface area is 117 Å². The number of hydrogen-bond acceptors (Lipinski definition) is 5. The highest BCUT2D eigenvalue weighted by Crippen LogP contribution is 2.15. The summed E-state index contributed by atoms with van der Waals surface area (Å²) in [5.74, 6) is -0.545. The van der Waals surface area contributed by atoms with E-state index in [0.717, 1.165) is 25.9 Å². The molecule has 2 N–H and O–H groups in total. The largest absolute Gasteiger partial charge is 0.360 e. The van der Waals surface area contributed by atoms with Crippen LogP contribution in [-0.2, 0) is 9.59 Å². The van der Waals surface area contributed by atoms with Crippen LogP contribution in [0.25, 0.3) is 0 Å². The van der Waals surface area contributed by atoms with Crippen molar-refractivity contribution in [2.45, 2.75) is 32.7 Å². The minimum atomic E-state index is -0.723. The standard InChI is InChI=1S/C13H20N4O3/c1-3-17-6-4-5-10(17)8-14-12(18)13(19)15-11-7-9(2)20-16-11/h7,10H,3-6,8H2,1-2H3,(H,14,18)(H,15,16,19). The maximum Gasteiger partial charge on any atom is 0.314 e. The van der Waals surface area contributed by atoms with Crippen LogP contribution in [0.2, 0.25) is 0 Å². The molecule has 0 aliphatic carbocycles. The fraction of sp³-hybridized carbons (Fsp3) is 0.615. The van der Waals surface area contributed by atoms with Crippen molar-refractivity contribution in [1.82, 2.24) is 15.4 Å². The molecule has 7 nitrogen and oxygen atoms in total. The predicted octanol–water partition coefficient (Wildman–Crippen LogP) is 0.522. The first-order chi connectivity index (χ1) is 9.60. The van der Waals surface area contributed by atoms with Crippen LogP contribution >= 0.6 is 0 Å². The normalized spacial score (nSPS) is 19.0. The molecule has 1 saturated heterocycles. The number of hydrogen-bond donors (Lipinski definition) is 2. The highest BCUT2D eigenvalue weighted by Gasteiger charge is 2.24. The minimum absolute atomic E-state index is 0.249. The second-order valence-electron chi connectivity index (χ2n) is 4.91. The van der Waals surface area contributed by atoms with E-state index in [1.54, 1.807) is 13.0 Å². The topological polar surface area (TPSA) is 87.5 Å². The van der Waals surface area contributed by atoms with E-state index >= 15 is 0 Å². The number of amides is 2. The molecule has 1 fully saturated rings. The molecule has 2 rings (SSSR count). The van der Waals surface area contributed by atoms with Crippen molar-refractivity contribution in [2.24, 2.45) is 0 Å². The Morgan fingerprint density at radius 2 is 2.30 bits per heavy atom. The van der Waals surface area contributed by atoms with E-state index < -0.39 is 11.8 Å². The summed E-state index contributed by atoms with van der Waals surface area (Å²) in [5, 5.41) is 8.66. The first-order valence-electron chi connectivity index (χ1n) is 6.86. The Balaban J connectivity index is 1.78. The molecule has 0 aromatic carbocycles. The first-order valence-corrected chi connectivity index (χ1v) is 6.86. The Bertz CT molecular complexity index is 486. The fourth-order valence-corrected chi connectivity index (χ4v) is 2.43. The molecule has 1 aromatic rings. The second kappa shape index (κ2) is 6.51. The van der Waals surface area contributed by atoms with E-state index in [1.165, 1.54) is 0 Å². The fourth-order valence-electron chi connectivity index (χ4n) is 2.43. The summed E-state index contributed by atoms with van der Waals surface area (Å²) in [7, 11) is 0. The molecule has 0 radical (unpaired) electrons. The molecule has 0 bridgehead atoms. The Kier molecular flexibility index (Phi) is 4.73. The van der Waals surface area contributed by atoms with Gasteiger partial charge in [0.25, 0.3) is 0 Å². The molecule has 1 atom stereocenters. The van der Waals surface area contributed by atoms with Gasteiger partial charge in [0.05, 0.1) is 0 Å². The smallest absolute Gasteiger partial charge is 0.314 e. The number of likely N-dealkylation sites (tertiary alicyclic amines) is 1. The van der Waals surface area contributed by atoms with Crippen molar-refractivity contribution in [3.63, 3.8) is 0 Å². The van der Waals surface area contributed by atoms with Gasteiger partial charge in [0.15, 0.2) is 5.82 Å². The van der Waals surface area contributed by atoms with E-state index in [0.29, 0.717) is 18.3 Å². The highest BCUT2D eigenvalue weighted by atomic mass is 16.5. The van der Waals surface area contributed by atoms with Crippen LogP contribution in [0.5, 0.6) is 0 Å². The van der Waals surface area contributed by atoms with Gasteiger partial charge < -0.3 is 9.84 Å². The van der Waals surface area contributed by atoms with E-state index in [2.05, 4.69) is 27.6 Å². The lowest BCUT2D eigenvalue weighted by molar-refractivity contribution is -0.136. The summed E-state index contributed by atoms with van der Waals surface area (Å²) in [5.41, 5.74) is 0. The van der Waals surface area contributed by atoms with Gasteiger partial charge in [-0.1, -0.05) is 12.1 Å². The number of likely N-dealkylation sites (N-methyl/N-ethyl adjacent to an activating group) is 1. The monoisotopic (exact) mass is 280 g/mol. The highest BCUT2D eigenvalue weighted by molar-refractivity contribution is 6.39. The molecule has 7 heteroatoms. The van der Waals surface area contributed by atoms with Crippen molar-refractivity contribution in [3.8, 4) is 0 Å². The minimum Gasteiger partial charge on any atom is -0.360 e. The number of carbonyl (C=O) groups excluding carboxylic acids is 2. The average Bonchev–Trinajstić information content (AvgIpc) is 3.04. The second-order valence-corrected chi connectivity index (χ2v) is 4.91. The summed E-state index contributed by atoms with van der Waals surface area (Å²) >= 11 is 0. The van der Waals surface area contributed by atoms with E-state index in [-0.39, 0.29) is 5.82 Å². The number of aromatic nitrogens is 1. The molecule has 20 heavy (non-hydrogen) atoms. The summed E-state index contributed by atoms with van der Waals surface area (Å²) in [6.45, 7) is 6.33. The number of aryl methyl sites for hydroxylation is 1. The summed E-state index contributed by atoms with van der Waals surface area (Å²) in [6.07, 6.45) is 2.19. The molecule has 110 valence electrons. The SMILES string of the molecule is CCN1CCCC1CNC(=O)C(=O)Nc1cc(C)on1. The van der Waals surface area contributed by atoms with Crippen LogP contribution in [0.4, 0.5) is 5.82 Å². The van der Waals surface area contributed by atoms with E-state index in [9.17, 15) is 9.59 Å². The maximum atomic E-state index is 11.7. The van der Waals surface area contributed by atoms with Crippen LogP contribution in [0.1, 0.15) is 25.5 Å². The van der Waals surface area contributed by atoms with Crippen LogP contribution in [0, 0.1) is 6.92 Å². The zero-order chi connectivity index (χ0) is 14.5. The van der Waals surface area contributed by atoms with Crippen molar-refractivity contribution < 1.29 is 14.1 Å².